The fraction of sp³-hybridized carbons (Fsp3) is 0.350. The van der Waals surface area contributed by atoms with E-state index in [0.717, 1.165) is 18.4 Å². The Balaban J connectivity index is 1.45. The van der Waals surface area contributed by atoms with Gasteiger partial charge in [0.05, 0.1) is 31.5 Å². The van der Waals surface area contributed by atoms with Gasteiger partial charge in [-0.1, -0.05) is 5.21 Å². The maximum Gasteiger partial charge on any atom is 0.396 e. The fourth-order valence-electron chi connectivity index (χ4n) is 3.49. The molecule has 0 amide bonds. The van der Waals surface area contributed by atoms with Gasteiger partial charge in [0.2, 0.25) is 5.89 Å². The van der Waals surface area contributed by atoms with Crippen LogP contribution in [0.15, 0.2) is 29.1 Å². The highest BCUT2D eigenvalue weighted by atomic mass is 16.5. The van der Waals surface area contributed by atoms with E-state index in [4.69, 9.17) is 19.2 Å². The van der Waals surface area contributed by atoms with Crippen molar-refractivity contribution >= 4 is 17.6 Å². The minimum absolute atomic E-state index is 0.126. The molecule has 1 saturated carbocycles. The Morgan fingerprint density at radius 3 is 2.78 bits per heavy atom. The number of aromatic nitrogens is 7. The predicted octanol–water partition coefficient (Wildman–Crippen LogP) is 1.70. The second-order valence-corrected chi connectivity index (χ2v) is 7.54. The Hall–Kier alpha value is -4.09. The molecule has 1 aliphatic carbocycles. The average molecular weight is 437 g/mol. The van der Waals surface area contributed by atoms with Crippen molar-refractivity contribution in [3.63, 3.8) is 0 Å². The molecule has 4 aromatic rings. The average Bonchev–Trinajstić information content (AvgIpc) is 3.14. The van der Waals surface area contributed by atoms with Gasteiger partial charge in [0.15, 0.2) is 5.69 Å². The number of carboxylic acids is 1. The fourth-order valence-corrected chi connectivity index (χ4v) is 3.49. The zero-order chi connectivity index (χ0) is 22.2. The van der Waals surface area contributed by atoms with Crippen molar-refractivity contribution in [2.24, 2.45) is 0 Å². The van der Waals surface area contributed by atoms with E-state index in [0.29, 0.717) is 23.7 Å². The van der Waals surface area contributed by atoms with Crippen LogP contribution in [-0.4, -0.2) is 58.2 Å². The van der Waals surface area contributed by atoms with E-state index in [1.54, 1.807) is 6.92 Å². The lowest BCUT2D eigenvalue weighted by atomic mass is 10.1. The summed E-state index contributed by atoms with van der Waals surface area (Å²) >= 11 is 0. The summed E-state index contributed by atoms with van der Waals surface area (Å²) in [5.74, 6) is -1.17. The van der Waals surface area contributed by atoms with E-state index in [-0.39, 0.29) is 30.6 Å². The summed E-state index contributed by atoms with van der Waals surface area (Å²) in [7, 11) is 0. The molecule has 4 aromatic heterocycles. The van der Waals surface area contributed by atoms with Gasteiger partial charge in [0.25, 0.3) is 0 Å². The summed E-state index contributed by atoms with van der Waals surface area (Å²) in [5, 5.41) is 24.2. The van der Waals surface area contributed by atoms with Crippen molar-refractivity contribution in [3.8, 4) is 0 Å². The number of pyridine rings is 1. The van der Waals surface area contributed by atoms with Crippen LogP contribution in [0.2, 0.25) is 0 Å². The Kier molecular flexibility index (Phi) is 4.88. The van der Waals surface area contributed by atoms with Crippen molar-refractivity contribution in [1.82, 2.24) is 34.6 Å². The first-order valence-corrected chi connectivity index (χ1v) is 10.1. The largest absolute Gasteiger partial charge is 0.476 e. The van der Waals surface area contributed by atoms with Crippen molar-refractivity contribution in [3.05, 3.63) is 59.0 Å². The summed E-state index contributed by atoms with van der Waals surface area (Å²) in [5.41, 5.74) is 3.34. The summed E-state index contributed by atoms with van der Waals surface area (Å²) in [6.45, 7) is 2.19. The van der Waals surface area contributed by atoms with Gasteiger partial charge in [-0.25, -0.2) is 19.3 Å². The van der Waals surface area contributed by atoms with Crippen molar-refractivity contribution < 1.29 is 23.8 Å². The molecule has 1 fully saturated rings. The third-order valence-corrected chi connectivity index (χ3v) is 5.09. The molecule has 0 aliphatic heterocycles. The highest BCUT2D eigenvalue weighted by Gasteiger charge is 2.26. The Bertz CT molecular complexity index is 1320. The van der Waals surface area contributed by atoms with E-state index in [2.05, 4.69) is 32.8 Å². The van der Waals surface area contributed by atoms with E-state index >= 15 is 0 Å². The lowest BCUT2D eigenvalue weighted by molar-refractivity contribution is 0.0478. The number of carbonyl (C=O) groups is 2. The number of ether oxygens (including phenoxy) is 1. The number of aromatic carboxylic acids is 1. The normalized spacial score (nSPS) is 13.5. The maximum absolute atomic E-state index is 11.8. The summed E-state index contributed by atoms with van der Waals surface area (Å²) < 4.78 is 13.7. The lowest BCUT2D eigenvalue weighted by Crippen LogP contribution is -2.04. The van der Waals surface area contributed by atoms with Crippen LogP contribution in [0, 0.1) is 0 Å². The zero-order valence-electron chi connectivity index (χ0n) is 17.1. The number of imidazole rings is 1. The standard InChI is InChI=1S/C20H19N7O5/c1-2-31-20(30)18-24-23-16(32-18)6-12-5-13(11-3-4-11)7-26-8-14(21-17(12)26)9-27-10-15(19(28)29)22-25-27/h5,7-8,10-11H,2-4,6,9H2,1H3,(H,28,29). The summed E-state index contributed by atoms with van der Waals surface area (Å²) in [6.07, 6.45) is 7.87. The molecule has 0 atom stereocenters. The van der Waals surface area contributed by atoms with Gasteiger partial charge in [-0.3, -0.25) is 0 Å². The quantitative estimate of drug-likeness (QED) is 0.403. The highest BCUT2D eigenvalue weighted by molar-refractivity contribution is 5.84. The molecule has 12 nitrogen and oxygen atoms in total. The number of carboxylic acid groups (broad SMARTS) is 1. The molecule has 0 spiro atoms. The van der Waals surface area contributed by atoms with E-state index < -0.39 is 11.9 Å². The van der Waals surface area contributed by atoms with Gasteiger partial charge in [-0.15, -0.1) is 15.3 Å². The molecule has 32 heavy (non-hydrogen) atoms. The second-order valence-electron chi connectivity index (χ2n) is 7.54. The third-order valence-electron chi connectivity index (χ3n) is 5.09. The Morgan fingerprint density at radius 1 is 1.22 bits per heavy atom. The topological polar surface area (TPSA) is 151 Å². The number of esters is 1. The predicted molar refractivity (Wildman–Crippen MR) is 106 cm³/mol. The van der Waals surface area contributed by atoms with Gasteiger partial charge in [-0.05, 0) is 37.3 Å². The molecule has 12 heteroatoms. The molecule has 0 saturated heterocycles. The third kappa shape index (κ3) is 3.94. The number of hydrogen-bond acceptors (Lipinski definition) is 9. The van der Waals surface area contributed by atoms with Crippen LogP contribution >= 0.6 is 0 Å². The molecular weight excluding hydrogens is 418 g/mol. The van der Waals surface area contributed by atoms with Crippen molar-refractivity contribution in [2.75, 3.05) is 6.61 Å². The molecule has 1 aliphatic rings. The molecule has 4 heterocycles. The van der Waals surface area contributed by atoms with Crippen LogP contribution in [0.5, 0.6) is 0 Å². The number of fused-ring (bicyclic) bond motifs is 1. The minimum atomic E-state index is -1.13. The molecule has 0 aromatic carbocycles. The maximum atomic E-state index is 11.8. The second kappa shape index (κ2) is 7.87. The number of nitrogens with zero attached hydrogens (tertiary/aromatic N) is 7. The van der Waals surface area contributed by atoms with Gasteiger partial charge < -0.3 is 18.7 Å². The molecule has 5 rings (SSSR count). The number of hydrogen-bond donors (Lipinski definition) is 1. The van der Waals surface area contributed by atoms with Gasteiger partial charge in [0.1, 0.15) is 5.65 Å². The monoisotopic (exact) mass is 437 g/mol. The van der Waals surface area contributed by atoms with Crippen LogP contribution in [0.25, 0.3) is 5.65 Å². The number of rotatable bonds is 8. The SMILES string of the molecule is CCOC(=O)c1nnc(Cc2cc(C3CC3)cn3cc(Cn4cc(C(=O)O)nn4)nc23)o1. The van der Waals surface area contributed by atoms with Gasteiger partial charge in [0, 0.05) is 18.0 Å². The molecule has 0 radical (unpaired) electrons. The highest BCUT2D eigenvalue weighted by Crippen LogP contribution is 2.40. The first-order valence-electron chi connectivity index (χ1n) is 10.1. The zero-order valence-corrected chi connectivity index (χ0v) is 17.1. The number of carbonyl (C=O) groups excluding carboxylic acids is 1. The van der Waals surface area contributed by atoms with Crippen LogP contribution < -0.4 is 0 Å². The molecule has 1 N–H and O–H groups in total. The summed E-state index contributed by atoms with van der Waals surface area (Å²) in [6, 6.07) is 2.08. The lowest BCUT2D eigenvalue weighted by Gasteiger charge is -2.06. The Morgan fingerprint density at radius 2 is 2.06 bits per heavy atom. The van der Waals surface area contributed by atoms with E-state index in [9.17, 15) is 9.59 Å². The molecule has 164 valence electrons. The van der Waals surface area contributed by atoms with Crippen LogP contribution in [-0.2, 0) is 17.7 Å². The van der Waals surface area contributed by atoms with Gasteiger partial charge >= 0.3 is 17.8 Å². The van der Waals surface area contributed by atoms with Crippen LogP contribution in [0.4, 0.5) is 0 Å². The van der Waals surface area contributed by atoms with Gasteiger partial charge in [-0.2, -0.15) is 0 Å². The van der Waals surface area contributed by atoms with Crippen molar-refractivity contribution in [1.29, 1.82) is 0 Å². The molecular formula is C20H19N7O5. The van der Waals surface area contributed by atoms with Crippen LogP contribution in [0.3, 0.4) is 0 Å². The smallest absolute Gasteiger partial charge is 0.396 e. The molecule has 0 bridgehead atoms. The van der Waals surface area contributed by atoms with Crippen LogP contribution in [0.1, 0.15) is 69.6 Å². The first kappa shape index (κ1) is 19.8. The summed E-state index contributed by atoms with van der Waals surface area (Å²) in [4.78, 5) is 27.5. The van der Waals surface area contributed by atoms with E-state index in [1.165, 1.54) is 16.4 Å². The Labute approximate surface area is 180 Å². The first-order chi connectivity index (χ1) is 15.5. The minimum Gasteiger partial charge on any atom is -0.476 e. The van der Waals surface area contributed by atoms with Crippen molar-refractivity contribution in [2.45, 2.75) is 38.6 Å². The molecule has 0 unspecified atom stereocenters. The van der Waals surface area contributed by atoms with E-state index in [1.807, 2.05) is 10.6 Å².